The zero-order valence-electron chi connectivity index (χ0n) is 18.9. The van der Waals surface area contributed by atoms with Crippen LogP contribution in [0.5, 0.6) is 0 Å². The Labute approximate surface area is 208 Å². The van der Waals surface area contributed by atoms with Gasteiger partial charge in [-0.2, -0.15) is 18.2 Å². The fourth-order valence-electron chi connectivity index (χ4n) is 4.93. The summed E-state index contributed by atoms with van der Waals surface area (Å²) >= 11 is 11.7. The summed E-state index contributed by atoms with van der Waals surface area (Å²) in [5.41, 5.74) is 0.0384. The smallest absolute Gasteiger partial charge is 0.361 e. The number of piperidine rings is 1. The molecule has 0 atom stereocenters. The summed E-state index contributed by atoms with van der Waals surface area (Å²) in [5, 5.41) is 6.91. The minimum atomic E-state index is -4.57. The third-order valence-electron chi connectivity index (χ3n) is 6.74. The van der Waals surface area contributed by atoms with E-state index in [2.05, 4.69) is 26.7 Å². The predicted molar refractivity (Wildman–Crippen MR) is 134 cm³/mol. The van der Waals surface area contributed by atoms with Crippen LogP contribution in [0.15, 0.2) is 30.3 Å². The number of benzene rings is 1. The summed E-state index contributed by atoms with van der Waals surface area (Å²) in [5.74, 6) is 0.128. The lowest BCUT2D eigenvalue weighted by atomic mass is 9.69. The van der Waals surface area contributed by atoms with Gasteiger partial charge in [-0.3, -0.25) is 0 Å². The molecule has 0 amide bonds. The van der Waals surface area contributed by atoms with E-state index in [1.807, 2.05) is 23.1 Å². The summed E-state index contributed by atoms with van der Waals surface area (Å²) in [4.78, 5) is 9.93. The number of hydrogen-bond acceptors (Lipinski definition) is 4. The van der Waals surface area contributed by atoms with Crippen LogP contribution in [0.25, 0.3) is 0 Å². The van der Waals surface area contributed by atoms with Crippen LogP contribution in [0.1, 0.15) is 62.6 Å². The van der Waals surface area contributed by atoms with Crippen LogP contribution in [0.2, 0.25) is 5.02 Å². The molecule has 1 aliphatic heterocycles. The zero-order valence-corrected chi connectivity index (χ0v) is 20.5. The Balaban J connectivity index is 1.50. The van der Waals surface area contributed by atoms with E-state index in [0.29, 0.717) is 24.7 Å². The quantitative estimate of drug-likeness (QED) is 0.458. The molecule has 0 radical (unpaired) electrons. The third-order valence-corrected chi connectivity index (χ3v) is 7.22. The second-order valence-corrected chi connectivity index (χ2v) is 9.98. The second-order valence-electron chi connectivity index (χ2n) is 9.14. The van der Waals surface area contributed by atoms with Crippen molar-refractivity contribution < 1.29 is 13.2 Å². The van der Waals surface area contributed by atoms with E-state index in [-0.39, 0.29) is 22.3 Å². The van der Waals surface area contributed by atoms with Crippen LogP contribution < -0.4 is 15.5 Å². The van der Waals surface area contributed by atoms with E-state index in [0.717, 1.165) is 56.6 Å². The van der Waals surface area contributed by atoms with Crippen LogP contribution in [0.3, 0.4) is 0 Å². The molecule has 2 aromatic rings. The van der Waals surface area contributed by atoms with Gasteiger partial charge in [0.2, 0.25) is 5.95 Å². The van der Waals surface area contributed by atoms with Crippen LogP contribution in [-0.4, -0.2) is 34.7 Å². The molecule has 1 aromatic heterocycles. The molecular formula is C24H29ClF3N5S. The van der Waals surface area contributed by atoms with Crippen molar-refractivity contribution in [3.63, 3.8) is 0 Å². The number of halogens is 4. The Morgan fingerprint density at radius 2 is 1.74 bits per heavy atom. The number of nitrogens with zero attached hydrogens (tertiary/aromatic N) is 3. The molecule has 34 heavy (non-hydrogen) atoms. The van der Waals surface area contributed by atoms with E-state index in [1.54, 1.807) is 0 Å². The van der Waals surface area contributed by atoms with Crippen molar-refractivity contribution in [2.45, 2.75) is 63.0 Å². The van der Waals surface area contributed by atoms with Gasteiger partial charge >= 0.3 is 6.18 Å². The highest BCUT2D eigenvalue weighted by atomic mass is 35.5. The van der Waals surface area contributed by atoms with Crippen molar-refractivity contribution in [3.05, 3.63) is 46.6 Å². The van der Waals surface area contributed by atoms with Crippen LogP contribution in [0.4, 0.5) is 24.9 Å². The van der Waals surface area contributed by atoms with Gasteiger partial charge in [-0.05, 0) is 62.0 Å². The summed E-state index contributed by atoms with van der Waals surface area (Å²) in [7, 11) is 0. The average Bonchev–Trinajstić information content (AvgIpc) is 2.83. The Morgan fingerprint density at radius 1 is 1.03 bits per heavy atom. The molecule has 0 bridgehead atoms. The molecule has 184 valence electrons. The molecule has 2 N–H and O–H groups in total. The van der Waals surface area contributed by atoms with Crippen molar-refractivity contribution in [3.8, 4) is 0 Å². The van der Waals surface area contributed by atoms with Gasteiger partial charge in [-0.25, -0.2) is 4.98 Å². The lowest BCUT2D eigenvalue weighted by molar-refractivity contribution is -0.141. The molecule has 2 aliphatic rings. The standard InChI is InChI=1S/C24H29ClF3N5S/c25-18-9-7-8-17(14-18)23(10-3-1-4-11-23)16-29-22(34)32-21-30-19(24(26,27)28)15-20(31-21)33-12-5-2-6-13-33/h7-9,14-15H,1-6,10-13,16H2,(H2,29,30,31,32,34). The maximum atomic E-state index is 13.5. The molecule has 4 rings (SSSR count). The minimum absolute atomic E-state index is 0.136. The molecule has 1 aliphatic carbocycles. The highest BCUT2D eigenvalue weighted by Gasteiger charge is 2.36. The van der Waals surface area contributed by atoms with Gasteiger partial charge < -0.3 is 15.5 Å². The van der Waals surface area contributed by atoms with Gasteiger partial charge in [-0.1, -0.05) is 43.0 Å². The molecule has 0 unspecified atom stereocenters. The second kappa shape index (κ2) is 10.6. The molecule has 0 spiro atoms. The van der Waals surface area contributed by atoms with Gasteiger partial charge in [0.25, 0.3) is 0 Å². The van der Waals surface area contributed by atoms with Gasteiger partial charge in [0, 0.05) is 36.1 Å². The molecule has 1 saturated carbocycles. The molecule has 5 nitrogen and oxygen atoms in total. The molecular weight excluding hydrogens is 483 g/mol. The Kier molecular flexibility index (Phi) is 7.82. The van der Waals surface area contributed by atoms with Gasteiger partial charge in [-0.15, -0.1) is 0 Å². The fraction of sp³-hybridized carbons (Fsp3) is 0.542. The van der Waals surface area contributed by atoms with E-state index in [4.69, 9.17) is 23.8 Å². The van der Waals surface area contributed by atoms with Gasteiger partial charge in [0.1, 0.15) is 5.82 Å². The zero-order chi connectivity index (χ0) is 24.2. The van der Waals surface area contributed by atoms with Crippen molar-refractivity contribution >= 4 is 40.7 Å². The van der Waals surface area contributed by atoms with Gasteiger partial charge in [0.15, 0.2) is 10.8 Å². The summed E-state index contributed by atoms with van der Waals surface area (Å²) in [6, 6.07) is 8.89. The van der Waals surface area contributed by atoms with Crippen molar-refractivity contribution in [1.29, 1.82) is 0 Å². The topological polar surface area (TPSA) is 53.1 Å². The van der Waals surface area contributed by atoms with E-state index >= 15 is 0 Å². The Hall–Kier alpha value is -2.13. The lowest BCUT2D eigenvalue weighted by Crippen LogP contribution is -2.43. The first kappa shape index (κ1) is 25.0. The highest BCUT2D eigenvalue weighted by molar-refractivity contribution is 7.80. The van der Waals surface area contributed by atoms with Crippen LogP contribution >= 0.6 is 23.8 Å². The largest absolute Gasteiger partial charge is 0.433 e. The lowest BCUT2D eigenvalue weighted by Gasteiger charge is -2.38. The van der Waals surface area contributed by atoms with Crippen molar-refractivity contribution in [2.24, 2.45) is 0 Å². The number of aromatic nitrogens is 2. The molecule has 2 heterocycles. The minimum Gasteiger partial charge on any atom is -0.361 e. The predicted octanol–water partition coefficient (Wildman–Crippen LogP) is 6.33. The average molecular weight is 512 g/mol. The van der Waals surface area contributed by atoms with Gasteiger partial charge in [0.05, 0.1) is 0 Å². The normalized spacial score (nSPS) is 18.4. The summed E-state index contributed by atoms with van der Waals surface area (Å²) < 4.78 is 40.6. The number of rotatable bonds is 5. The molecule has 10 heteroatoms. The molecule has 1 saturated heterocycles. The van der Waals surface area contributed by atoms with E-state index in [1.165, 1.54) is 6.42 Å². The molecule has 2 fully saturated rings. The van der Waals surface area contributed by atoms with Crippen molar-refractivity contribution in [1.82, 2.24) is 15.3 Å². The fourth-order valence-corrected chi connectivity index (χ4v) is 5.28. The number of thiocarbonyl (C=S) groups is 1. The number of nitrogens with one attached hydrogen (secondary N) is 2. The first-order valence-electron chi connectivity index (χ1n) is 11.8. The van der Waals surface area contributed by atoms with Crippen molar-refractivity contribution in [2.75, 3.05) is 29.9 Å². The van der Waals surface area contributed by atoms with Crippen LogP contribution in [0, 0.1) is 0 Å². The SMILES string of the molecule is FC(F)(F)c1cc(N2CCCCC2)nc(NC(=S)NCC2(c3cccc(Cl)c3)CCCCC2)n1. The third kappa shape index (κ3) is 6.10. The van der Waals surface area contributed by atoms with Crippen LogP contribution in [-0.2, 0) is 11.6 Å². The maximum Gasteiger partial charge on any atom is 0.433 e. The maximum absolute atomic E-state index is 13.5. The Morgan fingerprint density at radius 3 is 2.41 bits per heavy atom. The number of hydrogen-bond donors (Lipinski definition) is 2. The first-order chi connectivity index (χ1) is 16.2. The number of alkyl halides is 3. The highest BCUT2D eigenvalue weighted by Crippen LogP contribution is 2.40. The van der Waals surface area contributed by atoms with E-state index < -0.39 is 11.9 Å². The summed E-state index contributed by atoms with van der Waals surface area (Å²) in [6.45, 7) is 1.91. The first-order valence-corrected chi connectivity index (χ1v) is 12.6. The van der Waals surface area contributed by atoms with E-state index in [9.17, 15) is 13.2 Å². The summed E-state index contributed by atoms with van der Waals surface area (Å²) in [6.07, 6.45) is 3.72. The number of anilines is 2. The Bertz CT molecular complexity index is 1000. The molecule has 1 aromatic carbocycles. The monoisotopic (exact) mass is 511 g/mol.